The van der Waals surface area contributed by atoms with Gasteiger partial charge in [0.25, 0.3) is 5.91 Å². The summed E-state index contributed by atoms with van der Waals surface area (Å²) in [7, 11) is 0. The molecule has 2 aromatic rings. The van der Waals surface area contributed by atoms with Crippen LogP contribution >= 0.6 is 0 Å². The van der Waals surface area contributed by atoms with Crippen molar-refractivity contribution in [1.29, 1.82) is 5.41 Å². The molecule has 0 aliphatic heterocycles. The van der Waals surface area contributed by atoms with Gasteiger partial charge in [-0.1, -0.05) is 0 Å². The zero-order chi connectivity index (χ0) is 26.9. The number of halogens is 3. The summed E-state index contributed by atoms with van der Waals surface area (Å²) < 4.78 is 40.6. The number of nitrogens with zero attached hydrogens (tertiary/aromatic N) is 3. The fourth-order valence-electron chi connectivity index (χ4n) is 2.96. The van der Waals surface area contributed by atoms with Crippen LogP contribution in [0.4, 0.5) is 19.0 Å². The molecule has 2 amide bonds. The average molecular weight is 496 g/mol. The summed E-state index contributed by atoms with van der Waals surface area (Å²) in [6.45, 7) is 6.70. The first-order chi connectivity index (χ1) is 16.0. The maximum absolute atomic E-state index is 13.0. The first kappa shape index (κ1) is 27.3. The fraction of sp³-hybridized carbons (Fsp3) is 0.409. The van der Waals surface area contributed by atoms with Crippen LogP contribution in [0.5, 0.6) is 0 Å². The van der Waals surface area contributed by atoms with Crippen LogP contribution in [0.3, 0.4) is 0 Å². The van der Waals surface area contributed by atoms with Crippen molar-refractivity contribution < 1.29 is 27.9 Å². The molecular formula is C22H28F3N7O3. The molecule has 1 atom stereocenters. The Morgan fingerprint density at radius 1 is 1.23 bits per heavy atom. The first-order valence-corrected chi connectivity index (χ1v) is 10.5. The Balaban J connectivity index is 2.23. The van der Waals surface area contributed by atoms with Gasteiger partial charge in [0.15, 0.2) is 5.88 Å². The molecule has 7 N–H and O–H groups in total. The summed E-state index contributed by atoms with van der Waals surface area (Å²) in [5, 5.41) is 23.9. The number of nitrogens with one attached hydrogen (secondary N) is 2. The van der Waals surface area contributed by atoms with Crippen molar-refractivity contribution in [2.24, 2.45) is 11.1 Å². The van der Waals surface area contributed by atoms with Crippen molar-refractivity contribution in [3.05, 3.63) is 41.5 Å². The maximum atomic E-state index is 13.0. The summed E-state index contributed by atoms with van der Waals surface area (Å²) in [6, 6.07) is 2.91. The molecule has 0 aliphatic rings. The van der Waals surface area contributed by atoms with Gasteiger partial charge in [0.2, 0.25) is 5.91 Å². The van der Waals surface area contributed by atoms with Crippen LogP contribution < -0.4 is 16.8 Å². The van der Waals surface area contributed by atoms with Crippen LogP contribution in [0.1, 0.15) is 62.6 Å². The third-order valence-electron chi connectivity index (χ3n) is 5.49. The number of primary amides is 1. The Hall–Kier alpha value is -3.90. The Labute approximate surface area is 199 Å². The van der Waals surface area contributed by atoms with Crippen molar-refractivity contribution in [2.45, 2.75) is 52.8 Å². The van der Waals surface area contributed by atoms with Crippen molar-refractivity contribution in [3.8, 4) is 11.3 Å². The first-order valence-electron chi connectivity index (χ1n) is 10.5. The highest BCUT2D eigenvalue weighted by atomic mass is 19.4. The van der Waals surface area contributed by atoms with Gasteiger partial charge in [-0.15, -0.1) is 0 Å². The number of aromatic nitrogens is 3. The highest BCUT2D eigenvalue weighted by Gasteiger charge is 2.50. The van der Waals surface area contributed by atoms with E-state index in [9.17, 15) is 27.9 Å². The molecule has 0 saturated carbocycles. The summed E-state index contributed by atoms with van der Waals surface area (Å²) >= 11 is 0. The number of rotatable bonds is 8. The molecule has 0 saturated heterocycles. The largest absolute Gasteiger partial charge is 0.494 e. The highest BCUT2D eigenvalue weighted by Crippen LogP contribution is 2.38. The van der Waals surface area contributed by atoms with Crippen molar-refractivity contribution in [3.63, 3.8) is 0 Å². The molecule has 1 unspecified atom stereocenters. The van der Waals surface area contributed by atoms with Gasteiger partial charge < -0.3 is 22.0 Å². The Kier molecular flexibility index (Phi) is 7.63. The molecule has 0 aromatic carbocycles. The van der Waals surface area contributed by atoms with Crippen LogP contribution in [0, 0.1) is 10.8 Å². The van der Waals surface area contributed by atoms with E-state index in [1.807, 2.05) is 13.8 Å². The molecule has 0 radical (unpaired) electrons. The van der Waals surface area contributed by atoms with Gasteiger partial charge in [-0.05, 0) is 46.8 Å². The molecule has 2 aromatic heterocycles. The van der Waals surface area contributed by atoms with Gasteiger partial charge in [0.1, 0.15) is 22.5 Å². The molecule has 190 valence electrons. The number of pyridine rings is 1. The maximum Gasteiger partial charge on any atom is 0.399 e. The number of nitrogen functional groups attached to an aromatic ring is 1. The number of aliphatic hydroxyl groups is 1. The van der Waals surface area contributed by atoms with Gasteiger partial charge in [-0.2, -0.15) is 18.3 Å². The molecule has 0 fully saturated rings. The Morgan fingerprint density at radius 3 is 2.29 bits per heavy atom. The minimum atomic E-state index is -4.71. The zero-order valence-electron chi connectivity index (χ0n) is 19.9. The van der Waals surface area contributed by atoms with Gasteiger partial charge in [0.05, 0.1) is 17.3 Å². The minimum absolute atomic E-state index is 0.0401. The van der Waals surface area contributed by atoms with E-state index >= 15 is 0 Å². The predicted octanol–water partition coefficient (Wildman–Crippen LogP) is 3.43. The molecular weight excluding hydrogens is 467 g/mol. The Morgan fingerprint density at radius 2 is 1.83 bits per heavy atom. The lowest BCUT2D eigenvalue weighted by Crippen LogP contribution is -2.39. The van der Waals surface area contributed by atoms with E-state index < -0.39 is 40.9 Å². The standard InChI is InChI=1S/C22H28F3N7O3/c1-10(2)32-18(27)16(19(28)34)17(31-32)12-6-7-13(29-9-12)11(3)20(35)30-15(33)8-14(26)21(4,5)22(23,24)25/h6-11,26,33H,27H2,1-5H3,(H2,28,34)(H,30,35)/b15-8-,26-14?. The third kappa shape index (κ3) is 5.61. The molecule has 0 spiro atoms. The summed E-state index contributed by atoms with van der Waals surface area (Å²) in [6.07, 6.45) is -2.81. The summed E-state index contributed by atoms with van der Waals surface area (Å²) in [5.41, 5.74) is 8.98. The number of nitrogens with two attached hydrogens (primary N) is 2. The van der Waals surface area contributed by atoms with E-state index in [0.717, 1.165) is 13.8 Å². The zero-order valence-corrected chi connectivity index (χ0v) is 19.9. The van der Waals surface area contributed by atoms with E-state index in [-0.39, 0.29) is 28.8 Å². The summed E-state index contributed by atoms with van der Waals surface area (Å²) in [4.78, 5) is 28.6. The number of alkyl halides is 3. The smallest absolute Gasteiger partial charge is 0.399 e. The fourth-order valence-corrected chi connectivity index (χ4v) is 2.96. The summed E-state index contributed by atoms with van der Waals surface area (Å²) in [5.74, 6) is -3.23. The molecule has 35 heavy (non-hydrogen) atoms. The quantitative estimate of drug-likeness (QED) is 0.277. The van der Waals surface area contributed by atoms with Crippen LogP contribution in [-0.4, -0.2) is 43.6 Å². The lowest BCUT2D eigenvalue weighted by Gasteiger charge is -2.27. The lowest BCUT2D eigenvalue weighted by atomic mass is 9.86. The van der Waals surface area contributed by atoms with Gasteiger partial charge in [0, 0.05) is 23.9 Å². The van der Waals surface area contributed by atoms with Crippen LogP contribution in [0.2, 0.25) is 0 Å². The van der Waals surface area contributed by atoms with Gasteiger partial charge in [-0.25, -0.2) is 4.68 Å². The number of anilines is 1. The SMILES string of the molecule is CC(C(=O)N/C(O)=C/C(=N)C(C)(C)C(F)(F)F)c1ccc(-c2nn(C(C)C)c(N)c2C(N)=O)cn1. The molecule has 2 rings (SSSR count). The minimum Gasteiger partial charge on any atom is -0.494 e. The highest BCUT2D eigenvalue weighted by molar-refractivity contribution is 6.03. The van der Waals surface area contributed by atoms with Crippen molar-refractivity contribution in [1.82, 2.24) is 20.1 Å². The van der Waals surface area contributed by atoms with E-state index in [1.54, 1.807) is 6.07 Å². The third-order valence-corrected chi connectivity index (χ3v) is 5.49. The number of carbonyl (C=O) groups excluding carboxylic acids is 2. The number of hydrogen-bond acceptors (Lipinski definition) is 7. The topological polar surface area (TPSA) is 173 Å². The molecule has 10 nitrogen and oxygen atoms in total. The van der Waals surface area contributed by atoms with E-state index in [0.29, 0.717) is 11.6 Å². The predicted molar refractivity (Wildman–Crippen MR) is 124 cm³/mol. The van der Waals surface area contributed by atoms with Gasteiger partial charge in [-0.3, -0.25) is 19.9 Å². The van der Waals surface area contributed by atoms with Gasteiger partial charge >= 0.3 is 6.18 Å². The number of carbonyl (C=O) groups is 2. The lowest BCUT2D eigenvalue weighted by molar-refractivity contribution is -0.186. The monoisotopic (exact) mass is 495 g/mol. The van der Waals surface area contributed by atoms with Crippen molar-refractivity contribution >= 4 is 23.3 Å². The van der Waals surface area contributed by atoms with E-state index in [2.05, 4.69) is 15.4 Å². The molecule has 13 heteroatoms. The van der Waals surface area contributed by atoms with Crippen LogP contribution in [0.25, 0.3) is 11.3 Å². The molecule has 0 aliphatic carbocycles. The molecule has 2 heterocycles. The van der Waals surface area contributed by atoms with E-state index in [4.69, 9.17) is 16.9 Å². The number of aliphatic hydroxyl groups excluding tert-OH is 1. The van der Waals surface area contributed by atoms with Crippen LogP contribution in [-0.2, 0) is 4.79 Å². The average Bonchev–Trinajstić information content (AvgIpc) is 3.09. The van der Waals surface area contributed by atoms with E-state index in [1.165, 1.54) is 23.9 Å². The second-order valence-corrected chi connectivity index (χ2v) is 8.76. The Bertz CT molecular complexity index is 1170. The number of amides is 2. The molecule has 0 bridgehead atoms. The number of hydrogen-bond donors (Lipinski definition) is 5. The number of allylic oxidation sites excluding steroid dienone is 1. The normalized spacial score (nSPS) is 13.6. The second-order valence-electron chi connectivity index (χ2n) is 8.76. The van der Waals surface area contributed by atoms with Crippen molar-refractivity contribution in [2.75, 3.05) is 5.73 Å². The second kappa shape index (κ2) is 9.76. The van der Waals surface area contributed by atoms with Crippen LogP contribution in [0.15, 0.2) is 30.3 Å².